The van der Waals surface area contributed by atoms with E-state index in [-0.39, 0.29) is 4.90 Å². The highest BCUT2D eigenvalue weighted by Crippen LogP contribution is 2.22. The summed E-state index contributed by atoms with van der Waals surface area (Å²) in [6.45, 7) is 2.04. The van der Waals surface area contributed by atoms with Crippen LogP contribution in [0.1, 0.15) is 6.92 Å². The third-order valence-corrected chi connectivity index (χ3v) is 4.93. The second kappa shape index (κ2) is 6.71. The van der Waals surface area contributed by atoms with E-state index in [4.69, 9.17) is 5.14 Å². The average molecular weight is 361 g/mol. The van der Waals surface area contributed by atoms with Gasteiger partial charge < -0.3 is 0 Å². The summed E-state index contributed by atoms with van der Waals surface area (Å²) >= 11 is 1.57. The molecule has 3 aromatic rings. The van der Waals surface area contributed by atoms with E-state index in [1.165, 1.54) is 12.1 Å². The van der Waals surface area contributed by atoms with Crippen molar-refractivity contribution in [1.29, 1.82) is 0 Å². The highest BCUT2D eigenvalue weighted by molar-refractivity contribution is 7.99. The van der Waals surface area contributed by atoms with Crippen LogP contribution in [0.3, 0.4) is 0 Å². The van der Waals surface area contributed by atoms with Crippen molar-refractivity contribution in [2.45, 2.75) is 17.0 Å². The number of hydrogen-bond acceptors (Lipinski definition) is 6. The molecule has 0 fully saturated rings. The third kappa shape index (κ3) is 3.48. The summed E-state index contributed by atoms with van der Waals surface area (Å²) in [7, 11) is -3.71. The van der Waals surface area contributed by atoms with E-state index in [9.17, 15) is 8.42 Å². The second-order valence-corrected chi connectivity index (χ2v) is 7.64. The molecule has 0 aliphatic carbocycles. The number of nitrogens with two attached hydrogens (primary N) is 1. The minimum Gasteiger partial charge on any atom is -0.300 e. The van der Waals surface area contributed by atoms with Crippen LogP contribution in [0.5, 0.6) is 0 Å². The van der Waals surface area contributed by atoms with Crippen molar-refractivity contribution < 1.29 is 8.42 Å². The lowest BCUT2D eigenvalue weighted by molar-refractivity contribution is 0.598. The van der Waals surface area contributed by atoms with Gasteiger partial charge in [-0.2, -0.15) is 0 Å². The molecule has 2 aromatic heterocycles. The molecular formula is C15H15N5O2S2. The molecule has 3 rings (SSSR count). The standard InChI is InChI=1S/C15H15N5O2S2/c1-2-23-15-18-9-11(10-19-15)14-17-7-8-20(14)12-3-5-13(6-4-12)24(16,21)22/h3-10H,2H2,1H3,(H2,16,21,22). The van der Waals surface area contributed by atoms with Gasteiger partial charge in [-0.3, -0.25) is 4.57 Å². The highest BCUT2D eigenvalue weighted by Gasteiger charge is 2.11. The van der Waals surface area contributed by atoms with E-state index < -0.39 is 10.0 Å². The summed E-state index contributed by atoms with van der Waals surface area (Å²) in [4.78, 5) is 13.0. The average Bonchev–Trinajstić information content (AvgIpc) is 3.05. The fraction of sp³-hybridized carbons (Fsp3) is 0.133. The predicted molar refractivity (Wildman–Crippen MR) is 92.4 cm³/mol. The van der Waals surface area contributed by atoms with Crippen LogP contribution in [0.25, 0.3) is 17.1 Å². The quantitative estimate of drug-likeness (QED) is 0.551. The lowest BCUT2D eigenvalue weighted by Crippen LogP contribution is -2.12. The number of rotatable bonds is 5. The maximum Gasteiger partial charge on any atom is 0.238 e. The van der Waals surface area contributed by atoms with Crippen molar-refractivity contribution in [3.05, 3.63) is 49.1 Å². The minimum absolute atomic E-state index is 0.0668. The van der Waals surface area contributed by atoms with Crippen LogP contribution < -0.4 is 5.14 Å². The van der Waals surface area contributed by atoms with E-state index in [1.807, 2.05) is 11.5 Å². The summed E-state index contributed by atoms with van der Waals surface area (Å²) in [6.07, 6.45) is 6.90. The van der Waals surface area contributed by atoms with Crippen molar-refractivity contribution in [2.75, 3.05) is 5.75 Å². The molecule has 0 bridgehead atoms. The first-order valence-electron chi connectivity index (χ1n) is 7.11. The first-order valence-corrected chi connectivity index (χ1v) is 9.64. The Morgan fingerprint density at radius 1 is 1.12 bits per heavy atom. The Labute approximate surface area is 144 Å². The number of hydrogen-bond donors (Lipinski definition) is 1. The fourth-order valence-electron chi connectivity index (χ4n) is 2.16. The molecule has 0 saturated heterocycles. The van der Waals surface area contributed by atoms with Gasteiger partial charge in [-0.25, -0.2) is 28.5 Å². The van der Waals surface area contributed by atoms with Crippen LogP contribution in [0, 0.1) is 0 Å². The number of thioether (sulfide) groups is 1. The Morgan fingerprint density at radius 3 is 2.38 bits per heavy atom. The molecule has 24 heavy (non-hydrogen) atoms. The SMILES string of the molecule is CCSc1ncc(-c2nccn2-c2ccc(S(N)(=O)=O)cc2)cn1. The summed E-state index contributed by atoms with van der Waals surface area (Å²) in [5.41, 5.74) is 1.54. The van der Waals surface area contributed by atoms with Crippen LogP contribution in [-0.4, -0.2) is 33.7 Å². The predicted octanol–water partition coefficient (Wildman–Crippen LogP) is 2.09. The van der Waals surface area contributed by atoms with Crippen LogP contribution in [0.4, 0.5) is 0 Å². The van der Waals surface area contributed by atoms with Gasteiger partial charge in [0.15, 0.2) is 5.16 Å². The normalized spacial score (nSPS) is 11.6. The zero-order chi connectivity index (χ0) is 17.2. The number of aromatic nitrogens is 4. The topological polar surface area (TPSA) is 104 Å². The van der Waals surface area contributed by atoms with E-state index in [2.05, 4.69) is 15.0 Å². The van der Waals surface area contributed by atoms with E-state index in [0.717, 1.165) is 22.2 Å². The molecule has 0 amide bonds. The molecular weight excluding hydrogens is 346 g/mol. The maximum atomic E-state index is 11.3. The minimum atomic E-state index is -3.71. The van der Waals surface area contributed by atoms with Gasteiger partial charge in [-0.05, 0) is 30.0 Å². The Balaban J connectivity index is 1.95. The van der Waals surface area contributed by atoms with Crippen molar-refractivity contribution >= 4 is 21.8 Å². The molecule has 0 atom stereocenters. The summed E-state index contributed by atoms with van der Waals surface area (Å²) in [5.74, 6) is 1.58. The molecule has 0 aliphatic heterocycles. The van der Waals surface area contributed by atoms with Crippen molar-refractivity contribution in [3.63, 3.8) is 0 Å². The molecule has 7 nitrogen and oxygen atoms in total. The number of benzene rings is 1. The summed E-state index contributed by atoms with van der Waals surface area (Å²) < 4.78 is 24.5. The maximum absolute atomic E-state index is 11.3. The summed E-state index contributed by atoms with van der Waals surface area (Å²) in [5, 5.41) is 5.84. The summed E-state index contributed by atoms with van der Waals surface area (Å²) in [6, 6.07) is 6.28. The molecule has 0 aliphatic rings. The van der Waals surface area contributed by atoms with Crippen LogP contribution in [0.15, 0.2) is 59.1 Å². The van der Waals surface area contributed by atoms with Gasteiger partial charge in [0.25, 0.3) is 0 Å². The van der Waals surface area contributed by atoms with Gasteiger partial charge in [-0.15, -0.1) is 0 Å². The van der Waals surface area contributed by atoms with Crippen LogP contribution in [-0.2, 0) is 10.0 Å². The van der Waals surface area contributed by atoms with Gasteiger partial charge in [0, 0.05) is 30.5 Å². The van der Waals surface area contributed by atoms with Crippen LogP contribution >= 0.6 is 11.8 Å². The monoisotopic (exact) mass is 361 g/mol. The first kappa shape index (κ1) is 16.6. The van der Waals surface area contributed by atoms with Crippen molar-refractivity contribution in [1.82, 2.24) is 19.5 Å². The Kier molecular flexibility index (Phi) is 4.65. The molecule has 0 radical (unpaired) electrons. The lowest BCUT2D eigenvalue weighted by atomic mass is 10.3. The largest absolute Gasteiger partial charge is 0.300 e. The Bertz CT molecular complexity index is 935. The van der Waals surface area contributed by atoms with E-state index >= 15 is 0 Å². The number of nitrogens with zero attached hydrogens (tertiary/aromatic N) is 4. The van der Waals surface area contributed by atoms with Crippen molar-refractivity contribution in [3.8, 4) is 17.1 Å². The third-order valence-electron chi connectivity index (χ3n) is 3.24. The molecule has 2 N–H and O–H groups in total. The fourth-order valence-corrected chi connectivity index (χ4v) is 3.19. The molecule has 2 heterocycles. The van der Waals surface area contributed by atoms with Crippen molar-refractivity contribution in [2.24, 2.45) is 5.14 Å². The molecule has 0 spiro atoms. The van der Waals surface area contributed by atoms with Gasteiger partial charge in [-0.1, -0.05) is 18.7 Å². The molecule has 0 unspecified atom stereocenters. The molecule has 1 aromatic carbocycles. The van der Waals surface area contributed by atoms with Gasteiger partial charge in [0.1, 0.15) is 5.82 Å². The van der Waals surface area contributed by atoms with E-state index in [0.29, 0.717) is 5.82 Å². The Morgan fingerprint density at radius 2 is 1.79 bits per heavy atom. The van der Waals surface area contributed by atoms with Gasteiger partial charge >= 0.3 is 0 Å². The number of primary sulfonamides is 1. The number of sulfonamides is 1. The second-order valence-electron chi connectivity index (χ2n) is 4.85. The van der Waals surface area contributed by atoms with E-state index in [1.54, 1.807) is 48.7 Å². The van der Waals surface area contributed by atoms with Gasteiger partial charge in [0.05, 0.1) is 10.5 Å². The molecule has 9 heteroatoms. The number of imidazole rings is 1. The zero-order valence-corrected chi connectivity index (χ0v) is 14.5. The van der Waals surface area contributed by atoms with Crippen LogP contribution in [0.2, 0.25) is 0 Å². The smallest absolute Gasteiger partial charge is 0.238 e. The molecule has 124 valence electrons. The lowest BCUT2D eigenvalue weighted by Gasteiger charge is -2.08. The first-order chi connectivity index (χ1) is 11.5. The van der Waals surface area contributed by atoms with Gasteiger partial charge in [0.2, 0.25) is 10.0 Å². The molecule has 0 saturated carbocycles. The highest BCUT2D eigenvalue weighted by atomic mass is 32.2. The zero-order valence-electron chi connectivity index (χ0n) is 12.8. The Hall–Kier alpha value is -2.23.